The molecule has 0 spiro atoms. The van der Waals surface area contributed by atoms with Crippen LogP contribution >= 0.6 is 0 Å². The quantitative estimate of drug-likeness (QED) is 0.738. The maximum atomic E-state index is 9.55. The second kappa shape index (κ2) is 8.10. The van der Waals surface area contributed by atoms with E-state index < -0.39 is 0 Å². The van der Waals surface area contributed by atoms with Crippen LogP contribution < -0.4 is 0 Å². The van der Waals surface area contributed by atoms with Crippen LogP contribution in [-0.2, 0) is 0 Å². The van der Waals surface area contributed by atoms with E-state index in [9.17, 15) is 5.11 Å². The summed E-state index contributed by atoms with van der Waals surface area (Å²) in [6.45, 7) is 8.44. The number of unbranched alkanes of at least 4 members (excludes halogenated alkanes) is 1. The SMILES string of the molecule is CCCCC(CCC)N1C[C@@H](C)CC[C@@H]1CO. The van der Waals surface area contributed by atoms with E-state index in [-0.39, 0.29) is 0 Å². The van der Waals surface area contributed by atoms with Gasteiger partial charge in [-0.05, 0) is 31.6 Å². The largest absolute Gasteiger partial charge is 0.395 e. The highest BCUT2D eigenvalue weighted by Crippen LogP contribution is 2.27. The van der Waals surface area contributed by atoms with Crippen LogP contribution in [0.2, 0.25) is 0 Å². The highest BCUT2D eigenvalue weighted by Gasteiger charge is 2.30. The number of piperidine rings is 1. The second-order valence-electron chi connectivity index (χ2n) is 5.80. The molecule has 1 heterocycles. The van der Waals surface area contributed by atoms with Gasteiger partial charge in [-0.15, -0.1) is 0 Å². The average Bonchev–Trinajstić information content (AvgIpc) is 2.34. The van der Waals surface area contributed by atoms with Crippen LogP contribution in [0.15, 0.2) is 0 Å². The van der Waals surface area contributed by atoms with Crippen molar-refractivity contribution in [1.82, 2.24) is 4.90 Å². The molecule has 0 amide bonds. The smallest absolute Gasteiger partial charge is 0.0586 e. The molecule has 0 bridgehead atoms. The molecule has 1 fully saturated rings. The zero-order valence-corrected chi connectivity index (χ0v) is 12.0. The second-order valence-corrected chi connectivity index (χ2v) is 5.80. The molecule has 0 radical (unpaired) electrons. The lowest BCUT2D eigenvalue weighted by molar-refractivity contribution is 0.0256. The van der Waals surface area contributed by atoms with Crippen LogP contribution in [0, 0.1) is 5.92 Å². The Morgan fingerprint density at radius 1 is 1.18 bits per heavy atom. The van der Waals surface area contributed by atoms with Crippen LogP contribution in [0.1, 0.15) is 65.7 Å². The van der Waals surface area contributed by atoms with Gasteiger partial charge in [0, 0.05) is 18.6 Å². The van der Waals surface area contributed by atoms with Gasteiger partial charge in [0.1, 0.15) is 0 Å². The molecule has 2 heteroatoms. The standard InChI is InChI=1S/C15H31NO/c1-4-6-8-14(7-5-2)16-11-13(3)9-10-15(16)12-17/h13-15,17H,4-12H2,1-3H3/t13-,14?,15+/m0/s1. The van der Waals surface area contributed by atoms with Gasteiger partial charge in [0.2, 0.25) is 0 Å². The summed E-state index contributed by atoms with van der Waals surface area (Å²) < 4.78 is 0. The van der Waals surface area contributed by atoms with Crippen molar-refractivity contribution in [2.45, 2.75) is 77.8 Å². The van der Waals surface area contributed by atoms with E-state index in [4.69, 9.17) is 0 Å². The lowest BCUT2D eigenvalue weighted by atomic mass is 9.90. The van der Waals surface area contributed by atoms with E-state index in [2.05, 4.69) is 25.7 Å². The highest BCUT2D eigenvalue weighted by atomic mass is 16.3. The predicted octanol–water partition coefficient (Wildman–Crippen LogP) is 3.44. The number of likely N-dealkylation sites (tertiary alicyclic amines) is 1. The molecule has 17 heavy (non-hydrogen) atoms. The van der Waals surface area contributed by atoms with E-state index in [1.807, 2.05) is 0 Å². The van der Waals surface area contributed by atoms with E-state index in [1.54, 1.807) is 0 Å². The predicted molar refractivity (Wildman–Crippen MR) is 74.2 cm³/mol. The van der Waals surface area contributed by atoms with Gasteiger partial charge in [-0.25, -0.2) is 0 Å². The Morgan fingerprint density at radius 3 is 2.53 bits per heavy atom. The number of hydrogen-bond acceptors (Lipinski definition) is 2. The van der Waals surface area contributed by atoms with Crippen molar-refractivity contribution in [3.05, 3.63) is 0 Å². The monoisotopic (exact) mass is 241 g/mol. The number of aliphatic hydroxyl groups is 1. The van der Waals surface area contributed by atoms with Crippen molar-refractivity contribution in [3.63, 3.8) is 0 Å². The number of nitrogens with zero attached hydrogens (tertiary/aromatic N) is 1. The summed E-state index contributed by atoms with van der Waals surface area (Å²) in [6, 6.07) is 1.14. The molecule has 0 aromatic rings. The van der Waals surface area contributed by atoms with Gasteiger partial charge in [0.15, 0.2) is 0 Å². The highest BCUT2D eigenvalue weighted by molar-refractivity contribution is 4.84. The fourth-order valence-corrected chi connectivity index (χ4v) is 3.14. The lowest BCUT2D eigenvalue weighted by Gasteiger charge is -2.43. The Bertz CT molecular complexity index is 195. The van der Waals surface area contributed by atoms with Crippen LogP contribution in [0.4, 0.5) is 0 Å². The maximum absolute atomic E-state index is 9.55. The maximum Gasteiger partial charge on any atom is 0.0586 e. The Morgan fingerprint density at radius 2 is 1.94 bits per heavy atom. The van der Waals surface area contributed by atoms with Crippen molar-refractivity contribution in [2.24, 2.45) is 5.92 Å². The van der Waals surface area contributed by atoms with Gasteiger partial charge in [0.05, 0.1) is 6.61 Å². The summed E-state index contributed by atoms with van der Waals surface area (Å²) >= 11 is 0. The van der Waals surface area contributed by atoms with Crippen molar-refractivity contribution >= 4 is 0 Å². The van der Waals surface area contributed by atoms with Crippen LogP contribution in [0.3, 0.4) is 0 Å². The molecule has 1 unspecified atom stereocenters. The Labute approximate surface area is 107 Å². The molecule has 1 saturated heterocycles. The summed E-state index contributed by atoms with van der Waals surface area (Å²) in [7, 11) is 0. The number of rotatable bonds is 7. The molecule has 102 valence electrons. The molecule has 0 saturated carbocycles. The molecule has 1 N–H and O–H groups in total. The third-order valence-electron chi connectivity index (χ3n) is 4.18. The molecule has 0 aromatic heterocycles. The number of aliphatic hydroxyl groups excluding tert-OH is 1. The van der Waals surface area contributed by atoms with Gasteiger partial charge >= 0.3 is 0 Å². The first-order valence-electron chi connectivity index (χ1n) is 7.59. The summed E-state index contributed by atoms with van der Waals surface area (Å²) in [4.78, 5) is 2.62. The van der Waals surface area contributed by atoms with Crippen molar-refractivity contribution < 1.29 is 5.11 Å². The zero-order chi connectivity index (χ0) is 12.7. The van der Waals surface area contributed by atoms with Gasteiger partial charge in [0.25, 0.3) is 0 Å². The minimum absolute atomic E-state index is 0.346. The van der Waals surface area contributed by atoms with Crippen molar-refractivity contribution in [2.75, 3.05) is 13.2 Å². The molecule has 3 atom stereocenters. The minimum Gasteiger partial charge on any atom is -0.395 e. The topological polar surface area (TPSA) is 23.5 Å². The minimum atomic E-state index is 0.346. The summed E-state index contributed by atoms with van der Waals surface area (Å²) in [5.41, 5.74) is 0. The third kappa shape index (κ3) is 4.59. The molecule has 2 nitrogen and oxygen atoms in total. The van der Waals surface area contributed by atoms with E-state index in [0.29, 0.717) is 18.7 Å². The molecular weight excluding hydrogens is 210 g/mol. The van der Waals surface area contributed by atoms with E-state index in [1.165, 1.54) is 51.5 Å². The first kappa shape index (κ1) is 15.0. The molecule has 0 aliphatic carbocycles. The normalized spacial score (nSPS) is 28.2. The van der Waals surface area contributed by atoms with Gasteiger partial charge in [-0.3, -0.25) is 4.90 Å². The molecule has 0 aromatic carbocycles. The van der Waals surface area contributed by atoms with Crippen molar-refractivity contribution in [3.8, 4) is 0 Å². The Balaban J connectivity index is 2.59. The molecule has 1 aliphatic heterocycles. The molecule has 1 rings (SSSR count). The Hall–Kier alpha value is -0.0800. The number of hydrogen-bond donors (Lipinski definition) is 1. The van der Waals surface area contributed by atoms with Crippen LogP contribution in [0.25, 0.3) is 0 Å². The van der Waals surface area contributed by atoms with E-state index >= 15 is 0 Å². The summed E-state index contributed by atoms with van der Waals surface area (Å²) in [6.07, 6.45) is 8.95. The fourth-order valence-electron chi connectivity index (χ4n) is 3.14. The first-order valence-corrected chi connectivity index (χ1v) is 7.59. The van der Waals surface area contributed by atoms with Crippen LogP contribution in [0.5, 0.6) is 0 Å². The summed E-state index contributed by atoms with van der Waals surface area (Å²) in [5.74, 6) is 0.804. The lowest BCUT2D eigenvalue weighted by Crippen LogP contribution is -2.50. The van der Waals surface area contributed by atoms with Crippen LogP contribution in [-0.4, -0.2) is 35.2 Å². The zero-order valence-electron chi connectivity index (χ0n) is 12.0. The molecule has 1 aliphatic rings. The average molecular weight is 241 g/mol. The van der Waals surface area contributed by atoms with Gasteiger partial charge < -0.3 is 5.11 Å². The van der Waals surface area contributed by atoms with Gasteiger partial charge in [-0.2, -0.15) is 0 Å². The van der Waals surface area contributed by atoms with E-state index in [0.717, 1.165) is 5.92 Å². The van der Waals surface area contributed by atoms with Gasteiger partial charge in [-0.1, -0.05) is 40.0 Å². The molecular formula is C15H31NO. The third-order valence-corrected chi connectivity index (χ3v) is 4.18. The first-order chi connectivity index (χ1) is 8.22. The fraction of sp³-hybridized carbons (Fsp3) is 1.00. The summed E-state index contributed by atoms with van der Waals surface area (Å²) in [5, 5.41) is 9.55. The Kier molecular flexibility index (Phi) is 7.14. The van der Waals surface area contributed by atoms with Crippen molar-refractivity contribution in [1.29, 1.82) is 0 Å².